The van der Waals surface area contributed by atoms with Gasteiger partial charge in [-0.15, -0.1) is 0 Å². The minimum Gasteiger partial charge on any atom is -0.306 e. The van der Waals surface area contributed by atoms with E-state index in [9.17, 15) is 0 Å². The van der Waals surface area contributed by atoms with Crippen molar-refractivity contribution in [2.45, 2.75) is 32.4 Å². The average Bonchev–Trinajstić information content (AvgIpc) is 2.80. The first-order valence-electron chi connectivity index (χ1n) is 6.54. The van der Waals surface area contributed by atoms with Gasteiger partial charge in [0.2, 0.25) is 0 Å². The highest BCUT2D eigenvalue weighted by Crippen LogP contribution is 2.31. The summed E-state index contributed by atoms with van der Waals surface area (Å²) in [5.41, 5.74) is 5.65. The van der Waals surface area contributed by atoms with Gasteiger partial charge in [-0.25, -0.2) is 0 Å². The zero-order valence-electron chi connectivity index (χ0n) is 10.7. The van der Waals surface area contributed by atoms with Crippen molar-refractivity contribution < 1.29 is 0 Å². The molecular formula is C16H18N2. The molecule has 0 radical (unpaired) electrons. The number of aromatic nitrogens is 1. The maximum Gasteiger partial charge on any atom is 0.0329 e. The van der Waals surface area contributed by atoms with Crippen molar-refractivity contribution in [2.24, 2.45) is 0 Å². The van der Waals surface area contributed by atoms with Crippen LogP contribution in [0.25, 0.3) is 0 Å². The Morgan fingerprint density at radius 2 is 2.06 bits per heavy atom. The monoisotopic (exact) mass is 238 g/mol. The van der Waals surface area contributed by atoms with Crippen LogP contribution in [0.1, 0.15) is 34.7 Å². The lowest BCUT2D eigenvalue weighted by atomic mass is 10.0. The molecule has 0 fully saturated rings. The first kappa shape index (κ1) is 11.4. The largest absolute Gasteiger partial charge is 0.306 e. The molecule has 1 heterocycles. The molecule has 0 amide bonds. The van der Waals surface area contributed by atoms with Crippen LogP contribution in [0.15, 0.2) is 42.7 Å². The van der Waals surface area contributed by atoms with Crippen molar-refractivity contribution in [3.05, 3.63) is 65.0 Å². The Balaban J connectivity index is 1.71. The lowest BCUT2D eigenvalue weighted by Gasteiger charge is -2.14. The summed E-state index contributed by atoms with van der Waals surface area (Å²) in [6.07, 6.45) is 6.11. The molecule has 0 spiro atoms. The highest BCUT2D eigenvalue weighted by atomic mass is 14.9. The number of fused-ring (bicyclic) bond motifs is 1. The smallest absolute Gasteiger partial charge is 0.0329 e. The highest BCUT2D eigenvalue weighted by Gasteiger charge is 2.21. The van der Waals surface area contributed by atoms with Crippen LogP contribution in [0.5, 0.6) is 0 Å². The second-order valence-corrected chi connectivity index (χ2v) is 5.03. The van der Waals surface area contributed by atoms with Gasteiger partial charge < -0.3 is 5.32 Å². The van der Waals surface area contributed by atoms with E-state index in [4.69, 9.17) is 0 Å². The van der Waals surface area contributed by atoms with E-state index in [0.29, 0.717) is 6.04 Å². The zero-order chi connectivity index (χ0) is 12.4. The van der Waals surface area contributed by atoms with Crippen molar-refractivity contribution in [1.29, 1.82) is 0 Å². The number of hydrogen-bond acceptors (Lipinski definition) is 2. The van der Waals surface area contributed by atoms with E-state index in [1.165, 1.54) is 35.1 Å². The quantitative estimate of drug-likeness (QED) is 0.888. The molecule has 1 aliphatic carbocycles. The molecule has 0 bridgehead atoms. The molecule has 1 aromatic carbocycles. The molecule has 1 atom stereocenters. The predicted molar refractivity (Wildman–Crippen MR) is 73.3 cm³/mol. The predicted octanol–water partition coefficient (Wildman–Crippen LogP) is 3.17. The number of nitrogens with one attached hydrogen (secondary N) is 1. The minimum atomic E-state index is 0.507. The van der Waals surface area contributed by atoms with Crippen LogP contribution >= 0.6 is 0 Å². The van der Waals surface area contributed by atoms with E-state index in [1.54, 1.807) is 0 Å². The van der Waals surface area contributed by atoms with Crippen molar-refractivity contribution in [3.8, 4) is 0 Å². The molecule has 2 aromatic rings. The van der Waals surface area contributed by atoms with Crippen molar-refractivity contribution in [1.82, 2.24) is 10.3 Å². The standard InChI is InChI=1S/C16H18N2/c1-12-2-3-14-4-5-16(15(14)10-12)18-11-13-6-8-17-9-7-13/h2-3,6-10,16,18H,4-5,11H2,1H3. The van der Waals surface area contributed by atoms with Crippen LogP contribution in [0.3, 0.4) is 0 Å². The average molecular weight is 238 g/mol. The SMILES string of the molecule is Cc1ccc2c(c1)C(NCc1ccncc1)CC2. The zero-order valence-corrected chi connectivity index (χ0v) is 10.7. The van der Waals surface area contributed by atoms with E-state index in [-0.39, 0.29) is 0 Å². The van der Waals surface area contributed by atoms with Crippen LogP contribution < -0.4 is 5.32 Å². The Hall–Kier alpha value is -1.67. The summed E-state index contributed by atoms with van der Waals surface area (Å²) in [7, 11) is 0. The third-order valence-corrected chi connectivity index (χ3v) is 3.68. The lowest BCUT2D eigenvalue weighted by Crippen LogP contribution is -2.18. The van der Waals surface area contributed by atoms with Crippen LogP contribution in [-0.2, 0) is 13.0 Å². The van der Waals surface area contributed by atoms with Gasteiger partial charge in [-0.3, -0.25) is 4.98 Å². The van der Waals surface area contributed by atoms with E-state index < -0.39 is 0 Å². The van der Waals surface area contributed by atoms with Gasteiger partial charge in [-0.1, -0.05) is 23.8 Å². The molecule has 92 valence electrons. The van der Waals surface area contributed by atoms with Crippen molar-refractivity contribution in [2.75, 3.05) is 0 Å². The highest BCUT2D eigenvalue weighted by molar-refractivity contribution is 5.37. The number of benzene rings is 1. The lowest BCUT2D eigenvalue weighted by molar-refractivity contribution is 0.530. The number of pyridine rings is 1. The van der Waals surface area contributed by atoms with Gasteiger partial charge in [-0.05, 0) is 48.6 Å². The van der Waals surface area contributed by atoms with Gasteiger partial charge in [0.15, 0.2) is 0 Å². The second kappa shape index (κ2) is 4.91. The van der Waals surface area contributed by atoms with Crippen LogP contribution in [0, 0.1) is 6.92 Å². The summed E-state index contributed by atoms with van der Waals surface area (Å²) in [6, 6.07) is 11.5. The second-order valence-electron chi connectivity index (χ2n) is 5.03. The summed E-state index contributed by atoms with van der Waals surface area (Å²) >= 11 is 0. The number of rotatable bonds is 3. The number of nitrogens with zero attached hydrogens (tertiary/aromatic N) is 1. The van der Waals surface area contributed by atoms with Crippen molar-refractivity contribution in [3.63, 3.8) is 0 Å². The Morgan fingerprint density at radius 1 is 1.22 bits per heavy atom. The summed E-state index contributed by atoms with van der Waals surface area (Å²) in [4.78, 5) is 4.04. The summed E-state index contributed by atoms with van der Waals surface area (Å²) in [5, 5.41) is 3.65. The molecule has 0 saturated heterocycles. The summed E-state index contributed by atoms with van der Waals surface area (Å²) in [5.74, 6) is 0. The summed E-state index contributed by atoms with van der Waals surface area (Å²) < 4.78 is 0. The maximum atomic E-state index is 4.04. The Kier molecular flexibility index (Phi) is 3.11. The van der Waals surface area contributed by atoms with Gasteiger partial charge in [0.1, 0.15) is 0 Å². The van der Waals surface area contributed by atoms with Gasteiger partial charge in [0.05, 0.1) is 0 Å². The molecule has 1 N–H and O–H groups in total. The molecule has 0 aliphatic heterocycles. The van der Waals surface area contributed by atoms with Gasteiger partial charge >= 0.3 is 0 Å². The molecule has 18 heavy (non-hydrogen) atoms. The van der Waals surface area contributed by atoms with E-state index >= 15 is 0 Å². The first-order chi connectivity index (χ1) is 8.83. The van der Waals surface area contributed by atoms with Crippen LogP contribution in [-0.4, -0.2) is 4.98 Å². The molecule has 1 unspecified atom stereocenters. The third-order valence-electron chi connectivity index (χ3n) is 3.68. The van der Waals surface area contributed by atoms with Gasteiger partial charge in [0.25, 0.3) is 0 Å². The van der Waals surface area contributed by atoms with Crippen molar-refractivity contribution >= 4 is 0 Å². The van der Waals surface area contributed by atoms with E-state index in [1.807, 2.05) is 12.4 Å². The van der Waals surface area contributed by atoms with E-state index in [2.05, 4.69) is 47.6 Å². The molecule has 0 saturated carbocycles. The Labute approximate surface area is 108 Å². The molecular weight excluding hydrogens is 220 g/mol. The normalized spacial score (nSPS) is 17.7. The third kappa shape index (κ3) is 2.29. The van der Waals surface area contributed by atoms with E-state index in [0.717, 1.165) is 6.54 Å². The molecule has 1 aromatic heterocycles. The fraction of sp³-hybridized carbons (Fsp3) is 0.312. The molecule has 2 nitrogen and oxygen atoms in total. The Morgan fingerprint density at radius 3 is 2.89 bits per heavy atom. The molecule has 3 rings (SSSR count). The van der Waals surface area contributed by atoms with Gasteiger partial charge in [-0.2, -0.15) is 0 Å². The first-order valence-corrected chi connectivity index (χ1v) is 6.54. The molecule has 1 aliphatic rings. The fourth-order valence-corrected chi connectivity index (χ4v) is 2.68. The van der Waals surface area contributed by atoms with Crippen LogP contribution in [0.4, 0.5) is 0 Å². The summed E-state index contributed by atoms with van der Waals surface area (Å²) in [6.45, 7) is 3.08. The topological polar surface area (TPSA) is 24.9 Å². The number of hydrogen-bond donors (Lipinski definition) is 1. The minimum absolute atomic E-state index is 0.507. The van der Waals surface area contributed by atoms with Crippen LogP contribution in [0.2, 0.25) is 0 Å². The maximum absolute atomic E-state index is 4.04. The number of aryl methyl sites for hydroxylation is 2. The molecule has 2 heteroatoms. The van der Waals surface area contributed by atoms with Gasteiger partial charge in [0, 0.05) is 25.0 Å². The Bertz CT molecular complexity index is 534. The fourth-order valence-electron chi connectivity index (χ4n) is 2.68.